The molecule has 1 aromatic carbocycles. The lowest BCUT2D eigenvalue weighted by Gasteiger charge is -2.11. The lowest BCUT2D eigenvalue weighted by Crippen LogP contribution is -2.29. The zero-order chi connectivity index (χ0) is 16.3. The monoisotopic (exact) mass is 299 g/mol. The van der Waals surface area contributed by atoms with Crippen LogP contribution in [-0.4, -0.2) is 15.5 Å². The molecule has 1 heterocycles. The van der Waals surface area contributed by atoms with Crippen molar-refractivity contribution in [3.63, 3.8) is 0 Å². The minimum atomic E-state index is -0.243. The average molecular weight is 299 g/mol. The van der Waals surface area contributed by atoms with Crippen LogP contribution >= 0.6 is 0 Å². The maximum Gasteiger partial charge on any atom is 0.256 e. The molecule has 5 nitrogen and oxygen atoms in total. The first-order valence-corrected chi connectivity index (χ1v) is 7.31. The third kappa shape index (κ3) is 3.61. The van der Waals surface area contributed by atoms with Crippen LogP contribution < -0.4 is 10.9 Å². The van der Waals surface area contributed by atoms with Gasteiger partial charge in [0.25, 0.3) is 5.56 Å². The summed E-state index contributed by atoms with van der Waals surface area (Å²) in [6.45, 7) is 7.64. The van der Waals surface area contributed by atoms with E-state index >= 15 is 0 Å². The van der Waals surface area contributed by atoms with E-state index in [1.807, 2.05) is 24.3 Å². The first-order chi connectivity index (χ1) is 10.4. The predicted octanol–water partition coefficient (Wildman–Crippen LogP) is 2.62. The summed E-state index contributed by atoms with van der Waals surface area (Å²) in [7, 11) is 0. The highest BCUT2D eigenvalue weighted by atomic mass is 16.2. The molecule has 0 aliphatic carbocycles. The molecule has 5 heteroatoms. The van der Waals surface area contributed by atoms with Gasteiger partial charge >= 0.3 is 0 Å². The van der Waals surface area contributed by atoms with Crippen LogP contribution in [0.5, 0.6) is 0 Å². The van der Waals surface area contributed by atoms with Gasteiger partial charge in [-0.1, -0.05) is 26.0 Å². The number of nitrogens with one attached hydrogen (secondary N) is 1. The Balaban J connectivity index is 2.12. The van der Waals surface area contributed by atoms with Gasteiger partial charge < -0.3 is 5.32 Å². The average Bonchev–Trinajstić information content (AvgIpc) is 2.48. The molecule has 22 heavy (non-hydrogen) atoms. The number of carbonyl (C=O) groups is 1. The topological polar surface area (TPSA) is 64.0 Å². The van der Waals surface area contributed by atoms with Gasteiger partial charge in [0.1, 0.15) is 6.54 Å². The Morgan fingerprint density at radius 2 is 2.05 bits per heavy atom. The number of carbonyl (C=O) groups excluding carboxylic acids is 1. The van der Waals surface area contributed by atoms with Crippen LogP contribution in [0.3, 0.4) is 0 Å². The second kappa shape index (κ2) is 6.56. The van der Waals surface area contributed by atoms with Crippen LogP contribution in [-0.2, 0) is 11.3 Å². The van der Waals surface area contributed by atoms with Crippen molar-refractivity contribution < 1.29 is 4.79 Å². The number of hydrogen-bond acceptors (Lipinski definition) is 3. The van der Waals surface area contributed by atoms with Crippen LogP contribution in [0, 0.1) is 13.8 Å². The van der Waals surface area contributed by atoms with Gasteiger partial charge in [0.2, 0.25) is 5.91 Å². The normalized spacial score (nSPS) is 10.8. The molecule has 0 bridgehead atoms. The minimum absolute atomic E-state index is 0.0428. The summed E-state index contributed by atoms with van der Waals surface area (Å²) in [4.78, 5) is 28.3. The van der Waals surface area contributed by atoms with E-state index in [9.17, 15) is 9.59 Å². The van der Waals surface area contributed by atoms with Crippen molar-refractivity contribution in [2.45, 2.75) is 40.2 Å². The molecule has 0 unspecified atom stereocenters. The van der Waals surface area contributed by atoms with Gasteiger partial charge in [0, 0.05) is 16.9 Å². The largest absolute Gasteiger partial charge is 0.325 e. The molecule has 1 aromatic heterocycles. The third-order valence-corrected chi connectivity index (χ3v) is 3.67. The first-order valence-electron chi connectivity index (χ1n) is 7.31. The van der Waals surface area contributed by atoms with Crippen molar-refractivity contribution in [2.75, 3.05) is 5.32 Å². The molecule has 116 valence electrons. The molecular formula is C17H21N3O2. The lowest BCUT2D eigenvalue weighted by molar-refractivity contribution is -0.116. The first kappa shape index (κ1) is 15.9. The van der Waals surface area contributed by atoms with Gasteiger partial charge in [-0.2, -0.15) is 0 Å². The fourth-order valence-electron chi connectivity index (χ4n) is 2.12. The number of hydrogen-bond donors (Lipinski definition) is 1. The molecule has 0 saturated carbocycles. The molecular weight excluding hydrogens is 278 g/mol. The summed E-state index contributed by atoms with van der Waals surface area (Å²) >= 11 is 0. The zero-order valence-electron chi connectivity index (χ0n) is 13.4. The molecule has 0 saturated heterocycles. The van der Waals surface area contributed by atoms with Crippen molar-refractivity contribution in [1.29, 1.82) is 0 Å². The molecule has 0 spiro atoms. The molecule has 2 aromatic rings. The van der Waals surface area contributed by atoms with Crippen LogP contribution in [0.25, 0.3) is 0 Å². The van der Waals surface area contributed by atoms with Crippen molar-refractivity contribution in [2.24, 2.45) is 0 Å². The van der Waals surface area contributed by atoms with E-state index in [2.05, 4.69) is 24.1 Å². The van der Waals surface area contributed by atoms with Crippen molar-refractivity contribution in [3.8, 4) is 0 Å². The number of rotatable bonds is 4. The quantitative estimate of drug-likeness (QED) is 0.944. The Labute approximate surface area is 130 Å². The fourth-order valence-corrected chi connectivity index (χ4v) is 2.12. The van der Waals surface area contributed by atoms with Gasteiger partial charge in [0.05, 0.1) is 6.33 Å². The predicted molar refractivity (Wildman–Crippen MR) is 87.1 cm³/mol. The molecule has 0 aliphatic rings. The number of nitrogens with zero attached hydrogens (tertiary/aromatic N) is 2. The molecule has 1 N–H and O–H groups in total. The number of aryl methyl sites for hydroxylation is 1. The number of benzene rings is 1. The smallest absolute Gasteiger partial charge is 0.256 e. The van der Waals surface area contributed by atoms with Gasteiger partial charge in [-0.05, 0) is 37.5 Å². The summed E-state index contributed by atoms with van der Waals surface area (Å²) in [5.41, 5.74) is 2.96. The second-order valence-electron chi connectivity index (χ2n) is 5.72. The second-order valence-corrected chi connectivity index (χ2v) is 5.72. The SMILES string of the molecule is Cc1ncn(CC(=O)Nc2cccc(C(C)C)c2)c(=O)c1C. The minimum Gasteiger partial charge on any atom is -0.325 e. The molecule has 0 fully saturated rings. The molecule has 0 atom stereocenters. The Morgan fingerprint density at radius 3 is 2.73 bits per heavy atom. The Hall–Kier alpha value is -2.43. The summed E-state index contributed by atoms with van der Waals surface area (Å²) < 4.78 is 1.32. The van der Waals surface area contributed by atoms with E-state index in [4.69, 9.17) is 0 Å². The number of aromatic nitrogens is 2. The summed E-state index contributed by atoms with van der Waals surface area (Å²) in [6, 6.07) is 7.72. The zero-order valence-corrected chi connectivity index (χ0v) is 13.4. The van der Waals surface area contributed by atoms with Gasteiger partial charge in [-0.25, -0.2) is 4.98 Å². The highest BCUT2D eigenvalue weighted by molar-refractivity contribution is 5.90. The standard InChI is InChI=1S/C17H21N3O2/c1-11(2)14-6-5-7-15(8-14)19-16(21)9-20-10-18-13(4)12(3)17(20)22/h5-8,10-11H,9H2,1-4H3,(H,19,21). The van der Waals surface area contributed by atoms with Crippen LogP contribution in [0.1, 0.15) is 36.6 Å². The van der Waals surface area contributed by atoms with E-state index in [1.165, 1.54) is 10.9 Å². The molecule has 2 rings (SSSR count). The van der Waals surface area contributed by atoms with E-state index in [-0.39, 0.29) is 18.0 Å². The van der Waals surface area contributed by atoms with Crippen molar-refractivity contribution in [1.82, 2.24) is 9.55 Å². The highest BCUT2D eigenvalue weighted by Gasteiger charge is 2.09. The van der Waals surface area contributed by atoms with Crippen molar-refractivity contribution in [3.05, 3.63) is 57.8 Å². The molecule has 0 aliphatic heterocycles. The van der Waals surface area contributed by atoms with E-state index in [1.54, 1.807) is 13.8 Å². The lowest BCUT2D eigenvalue weighted by atomic mass is 10.0. The number of anilines is 1. The Morgan fingerprint density at radius 1 is 1.32 bits per heavy atom. The summed E-state index contributed by atoms with van der Waals surface area (Å²) in [5.74, 6) is 0.150. The Bertz CT molecular complexity index is 748. The van der Waals surface area contributed by atoms with Crippen LogP contribution in [0.4, 0.5) is 5.69 Å². The van der Waals surface area contributed by atoms with E-state index < -0.39 is 0 Å². The Kier molecular flexibility index (Phi) is 4.75. The maximum absolute atomic E-state index is 12.1. The third-order valence-electron chi connectivity index (χ3n) is 3.67. The maximum atomic E-state index is 12.1. The molecule has 1 amide bonds. The summed E-state index contributed by atoms with van der Waals surface area (Å²) in [5, 5.41) is 2.82. The van der Waals surface area contributed by atoms with Crippen molar-refractivity contribution >= 4 is 11.6 Å². The van der Waals surface area contributed by atoms with Gasteiger partial charge in [0.15, 0.2) is 0 Å². The van der Waals surface area contributed by atoms with Gasteiger partial charge in [-0.15, -0.1) is 0 Å². The van der Waals surface area contributed by atoms with Crippen LogP contribution in [0.15, 0.2) is 35.4 Å². The van der Waals surface area contributed by atoms with E-state index in [0.29, 0.717) is 17.2 Å². The fraction of sp³-hybridized carbons (Fsp3) is 0.353. The number of amides is 1. The molecule has 0 radical (unpaired) electrons. The van der Waals surface area contributed by atoms with Gasteiger partial charge in [-0.3, -0.25) is 14.2 Å². The van der Waals surface area contributed by atoms with E-state index in [0.717, 1.165) is 11.3 Å². The highest BCUT2D eigenvalue weighted by Crippen LogP contribution is 2.18. The summed E-state index contributed by atoms with van der Waals surface area (Å²) in [6.07, 6.45) is 1.41. The van der Waals surface area contributed by atoms with Crippen LogP contribution in [0.2, 0.25) is 0 Å².